The summed E-state index contributed by atoms with van der Waals surface area (Å²) in [4.78, 5) is 2.50. The molecule has 2 fully saturated rings. The molecule has 0 saturated carbocycles. The second-order valence-corrected chi connectivity index (χ2v) is 5.17. The molecule has 1 N–H and O–H groups in total. The van der Waals surface area contributed by atoms with E-state index in [-0.39, 0.29) is 0 Å². The quantitative estimate of drug-likeness (QED) is 0.725. The summed E-state index contributed by atoms with van der Waals surface area (Å²) < 4.78 is 11.2. The molecular weight excluding hydrogens is 216 g/mol. The zero-order valence-corrected chi connectivity index (χ0v) is 11.0. The highest BCUT2D eigenvalue weighted by molar-refractivity contribution is 4.70. The maximum absolute atomic E-state index is 5.64. The molecule has 2 aliphatic rings. The number of nitrogens with zero attached hydrogens (tertiary/aromatic N) is 1. The van der Waals surface area contributed by atoms with Crippen LogP contribution >= 0.6 is 0 Å². The number of nitrogens with one attached hydrogen (secondary N) is 1. The van der Waals surface area contributed by atoms with Gasteiger partial charge in [0.1, 0.15) is 0 Å². The van der Waals surface area contributed by atoms with Gasteiger partial charge in [-0.1, -0.05) is 0 Å². The van der Waals surface area contributed by atoms with Gasteiger partial charge in [0, 0.05) is 45.9 Å². The van der Waals surface area contributed by atoms with Crippen molar-refractivity contribution in [3.05, 3.63) is 0 Å². The highest BCUT2D eigenvalue weighted by Gasteiger charge is 2.16. The van der Waals surface area contributed by atoms with Crippen LogP contribution in [0.25, 0.3) is 0 Å². The van der Waals surface area contributed by atoms with Crippen molar-refractivity contribution in [1.29, 1.82) is 0 Å². The maximum atomic E-state index is 5.64. The highest BCUT2D eigenvalue weighted by Crippen LogP contribution is 2.10. The Hall–Kier alpha value is -0.160. The fourth-order valence-electron chi connectivity index (χ4n) is 2.59. The molecule has 2 rings (SSSR count). The Labute approximate surface area is 105 Å². The van der Waals surface area contributed by atoms with Crippen LogP contribution in [0.5, 0.6) is 0 Å². The number of ether oxygens (including phenoxy) is 2. The van der Waals surface area contributed by atoms with E-state index in [4.69, 9.17) is 9.47 Å². The summed E-state index contributed by atoms with van der Waals surface area (Å²) in [5.41, 5.74) is 0. The lowest BCUT2D eigenvalue weighted by Crippen LogP contribution is -2.38. The zero-order valence-electron chi connectivity index (χ0n) is 11.0. The summed E-state index contributed by atoms with van der Waals surface area (Å²) in [6.07, 6.45) is 4.46. The Morgan fingerprint density at radius 2 is 2.12 bits per heavy atom. The van der Waals surface area contributed by atoms with Crippen molar-refractivity contribution in [3.8, 4) is 0 Å². The molecule has 0 radical (unpaired) electrons. The summed E-state index contributed by atoms with van der Waals surface area (Å²) in [6, 6.07) is 0. The van der Waals surface area contributed by atoms with Crippen molar-refractivity contribution in [2.75, 3.05) is 45.9 Å². The Balaban J connectivity index is 1.54. The fraction of sp³-hybridized carbons (Fsp3) is 1.00. The van der Waals surface area contributed by atoms with Crippen molar-refractivity contribution >= 4 is 0 Å². The van der Waals surface area contributed by atoms with Crippen LogP contribution < -0.4 is 5.32 Å². The third-order valence-electron chi connectivity index (χ3n) is 3.54. The van der Waals surface area contributed by atoms with Gasteiger partial charge in [0.05, 0.1) is 12.2 Å². The molecular formula is C13H26N2O2. The monoisotopic (exact) mass is 242 g/mol. The minimum absolute atomic E-state index is 0.385. The van der Waals surface area contributed by atoms with E-state index >= 15 is 0 Å². The van der Waals surface area contributed by atoms with E-state index in [1.807, 2.05) is 0 Å². The molecule has 0 spiro atoms. The normalized spacial score (nSPS) is 31.6. The molecule has 17 heavy (non-hydrogen) atoms. The van der Waals surface area contributed by atoms with E-state index in [1.165, 1.54) is 19.4 Å². The SMILES string of the molecule is CC1CN(CCNCC2CCCO2)CCCO1. The molecule has 0 aromatic carbocycles. The molecule has 0 aromatic rings. The molecule has 2 saturated heterocycles. The van der Waals surface area contributed by atoms with E-state index in [1.54, 1.807) is 0 Å². The van der Waals surface area contributed by atoms with Gasteiger partial charge in [-0.05, 0) is 26.2 Å². The number of hydrogen-bond acceptors (Lipinski definition) is 4. The van der Waals surface area contributed by atoms with Gasteiger partial charge in [-0.25, -0.2) is 0 Å². The van der Waals surface area contributed by atoms with Crippen LogP contribution in [0, 0.1) is 0 Å². The van der Waals surface area contributed by atoms with Crippen molar-refractivity contribution in [2.45, 2.75) is 38.4 Å². The minimum atomic E-state index is 0.385. The van der Waals surface area contributed by atoms with Crippen molar-refractivity contribution in [1.82, 2.24) is 10.2 Å². The Bertz CT molecular complexity index is 208. The molecule has 2 aliphatic heterocycles. The predicted octanol–water partition coefficient (Wildman–Crippen LogP) is 0.866. The van der Waals surface area contributed by atoms with Gasteiger partial charge in [0.15, 0.2) is 0 Å². The largest absolute Gasteiger partial charge is 0.377 e. The van der Waals surface area contributed by atoms with E-state index in [0.29, 0.717) is 12.2 Å². The van der Waals surface area contributed by atoms with Crippen molar-refractivity contribution in [2.24, 2.45) is 0 Å². The zero-order chi connectivity index (χ0) is 11.9. The summed E-state index contributed by atoms with van der Waals surface area (Å²) in [5.74, 6) is 0. The average molecular weight is 242 g/mol. The standard InChI is InChI=1S/C13H26N2O2/c1-12-11-15(6-3-9-16-12)7-5-14-10-13-4-2-8-17-13/h12-14H,2-11H2,1H3. The van der Waals surface area contributed by atoms with Crippen molar-refractivity contribution < 1.29 is 9.47 Å². The van der Waals surface area contributed by atoms with Crippen LogP contribution in [0.15, 0.2) is 0 Å². The van der Waals surface area contributed by atoms with Crippen LogP contribution in [0.2, 0.25) is 0 Å². The van der Waals surface area contributed by atoms with E-state index in [0.717, 1.165) is 45.8 Å². The molecule has 2 heterocycles. The first kappa shape index (κ1) is 13.3. The predicted molar refractivity (Wildman–Crippen MR) is 68.3 cm³/mol. The first-order chi connectivity index (χ1) is 8.34. The first-order valence-corrected chi connectivity index (χ1v) is 7.01. The van der Waals surface area contributed by atoms with Crippen LogP contribution in [-0.4, -0.2) is 63.0 Å². The fourth-order valence-corrected chi connectivity index (χ4v) is 2.59. The maximum Gasteiger partial charge on any atom is 0.0700 e. The topological polar surface area (TPSA) is 33.7 Å². The van der Waals surface area contributed by atoms with E-state index in [2.05, 4.69) is 17.1 Å². The van der Waals surface area contributed by atoms with Crippen molar-refractivity contribution in [3.63, 3.8) is 0 Å². The van der Waals surface area contributed by atoms with Gasteiger partial charge in [-0.3, -0.25) is 4.90 Å². The Morgan fingerprint density at radius 1 is 1.24 bits per heavy atom. The van der Waals surface area contributed by atoms with Crippen LogP contribution in [0.3, 0.4) is 0 Å². The lowest BCUT2D eigenvalue weighted by atomic mass is 10.2. The molecule has 0 aliphatic carbocycles. The van der Waals surface area contributed by atoms with E-state index in [9.17, 15) is 0 Å². The second-order valence-electron chi connectivity index (χ2n) is 5.17. The molecule has 100 valence electrons. The summed E-state index contributed by atoms with van der Waals surface area (Å²) in [5, 5.41) is 3.50. The molecule has 0 amide bonds. The highest BCUT2D eigenvalue weighted by atomic mass is 16.5. The van der Waals surface area contributed by atoms with Crippen LogP contribution in [-0.2, 0) is 9.47 Å². The number of rotatable bonds is 5. The lowest BCUT2D eigenvalue weighted by Gasteiger charge is -2.22. The Kier molecular flexibility index (Phi) is 5.71. The molecule has 0 bridgehead atoms. The molecule has 2 atom stereocenters. The summed E-state index contributed by atoms with van der Waals surface area (Å²) in [7, 11) is 0. The van der Waals surface area contributed by atoms with Gasteiger partial charge in [-0.2, -0.15) is 0 Å². The number of hydrogen-bond donors (Lipinski definition) is 1. The smallest absolute Gasteiger partial charge is 0.0700 e. The third kappa shape index (κ3) is 4.92. The molecule has 0 aromatic heterocycles. The van der Waals surface area contributed by atoms with Gasteiger partial charge < -0.3 is 14.8 Å². The summed E-state index contributed by atoms with van der Waals surface area (Å²) >= 11 is 0. The molecule has 4 heteroatoms. The Morgan fingerprint density at radius 3 is 2.94 bits per heavy atom. The molecule has 2 unspecified atom stereocenters. The second kappa shape index (κ2) is 7.31. The van der Waals surface area contributed by atoms with Crippen LogP contribution in [0.1, 0.15) is 26.2 Å². The first-order valence-electron chi connectivity index (χ1n) is 7.01. The van der Waals surface area contributed by atoms with Gasteiger partial charge in [0.25, 0.3) is 0 Å². The lowest BCUT2D eigenvalue weighted by molar-refractivity contribution is 0.0675. The average Bonchev–Trinajstić information content (AvgIpc) is 2.74. The van der Waals surface area contributed by atoms with E-state index < -0.39 is 0 Å². The molecule has 4 nitrogen and oxygen atoms in total. The minimum Gasteiger partial charge on any atom is -0.377 e. The van der Waals surface area contributed by atoms with Gasteiger partial charge in [-0.15, -0.1) is 0 Å². The van der Waals surface area contributed by atoms with Gasteiger partial charge >= 0.3 is 0 Å². The summed E-state index contributed by atoms with van der Waals surface area (Å²) in [6.45, 7) is 9.48. The van der Waals surface area contributed by atoms with Crippen LogP contribution in [0.4, 0.5) is 0 Å². The van der Waals surface area contributed by atoms with Gasteiger partial charge in [0.2, 0.25) is 0 Å². The third-order valence-corrected chi connectivity index (χ3v) is 3.54.